The van der Waals surface area contributed by atoms with Gasteiger partial charge in [0.05, 0.1) is 14.2 Å². The number of rotatable bonds is 6. The van der Waals surface area contributed by atoms with Crippen LogP contribution in [0.4, 0.5) is 0 Å². The minimum absolute atomic E-state index is 0.348. The molecule has 0 unspecified atom stereocenters. The molecule has 0 bridgehead atoms. The highest BCUT2D eigenvalue weighted by Crippen LogP contribution is 2.30. The number of nitrogens with zero attached hydrogens (tertiary/aromatic N) is 1. The first-order valence-corrected chi connectivity index (χ1v) is 9.64. The van der Waals surface area contributed by atoms with Crippen molar-refractivity contribution in [1.82, 2.24) is 10.6 Å². The van der Waals surface area contributed by atoms with Crippen LogP contribution >= 0.6 is 0 Å². The highest BCUT2D eigenvalue weighted by molar-refractivity contribution is 5.79. The molecular formula is C22H29N3O3. The van der Waals surface area contributed by atoms with E-state index in [-0.39, 0.29) is 0 Å². The SMILES string of the molecule is CN=C(NCc1ccc(OC)cc1OC)NCc1c(O)ccc2c1CCCC2. The van der Waals surface area contributed by atoms with Gasteiger partial charge in [0.25, 0.3) is 0 Å². The van der Waals surface area contributed by atoms with Crippen LogP contribution in [0.3, 0.4) is 0 Å². The van der Waals surface area contributed by atoms with Gasteiger partial charge in [-0.2, -0.15) is 0 Å². The minimum atomic E-state index is 0.348. The average Bonchev–Trinajstić information content (AvgIpc) is 2.74. The number of hydrogen-bond acceptors (Lipinski definition) is 4. The highest BCUT2D eigenvalue weighted by atomic mass is 16.5. The topological polar surface area (TPSA) is 75.1 Å². The second-order valence-electron chi connectivity index (χ2n) is 6.87. The van der Waals surface area contributed by atoms with Crippen LogP contribution in [-0.2, 0) is 25.9 Å². The molecule has 0 aliphatic heterocycles. The van der Waals surface area contributed by atoms with E-state index in [2.05, 4.69) is 21.7 Å². The van der Waals surface area contributed by atoms with Crippen LogP contribution in [0.2, 0.25) is 0 Å². The Hall–Kier alpha value is -2.89. The number of benzene rings is 2. The van der Waals surface area contributed by atoms with Crippen molar-refractivity contribution in [3.8, 4) is 17.2 Å². The van der Waals surface area contributed by atoms with E-state index >= 15 is 0 Å². The van der Waals surface area contributed by atoms with Crippen LogP contribution < -0.4 is 20.1 Å². The Morgan fingerprint density at radius 2 is 1.82 bits per heavy atom. The molecule has 0 radical (unpaired) electrons. The Kier molecular flexibility index (Phi) is 6.63. The fraction of sp³-hybridized carbons (Fsp3) is 0.409. The molecule has 1 aliphatic carbocycles. The first-order chi connectivity index (χ1) is 13.7. The number of phenols is 1. The Bertz CT molecular complexity index is 849. The number of guanidine groups is 1. The normalized spacial score (nSPS) is 13.6. The number of nitrogens with one attached hydrogen (secondary N) is 2. The van der Waals surface area contributed by atoms with Gasteiger partial charge in [-0.3, -0.25) is 4.99 Å². The lowest BCUT2D eigenvalue weighted by molar-refractivity contribution is 0.390. The third-order valence-electron chi connectivity index (χ3n) is 5.22. The summed E-state index contributed by atoms with van der Waals surface area (Å²) in [4.78, 5) is 4.30. The molecule has 0 atom stereocenters. The lowest BCUT2D eigenvalue weighted by Crippen LogP contribution is -2.36. The molecule has 2 aromatic carbocycles. The predicted molar refractivity (Wildman–Crippen MR) is 111 cm³/mol. The standard InChI is InChI=1S/C22H29N3O3/c1-23-22(24-13-16-8-10-17(27-2)12-21(16)28-3)25-14-19-18-7-5-4-6-15(18)9-11-20(19)26/h8-12,26H,4-7,13-14H2,1-3H3,(H2,23,24,25). The largest absolute Gasteiger partial charge is 0.508 e. The summed E-state index contributed by atoms with van der Waals surface area (Å²) in [6.45, 7) is 1.10. The van der Waals surface area contributed by atoms with Crippen LogP contribution in [0.5, 0.6) is 17.2 Å². The summed E-state index contributed by atoms with van der Waals surface area (Å²) in [5, 5.41) is 17.0. The molecule has 3 N–H and O–H groups in total. The van der Waals surface area contributed by atoms with Gasteiger partial charge in [-0.15, -0.1) is 0 Å². The molecule has 0 heterocycles. The third-order valence-corrected chi connectivity index (χ3v) is 5.22. The van der Waals surface area contributed by atoms with Crippen molar-refractivity contribution >= 4 is 5.96 Å². The Morgan fingerprint density at radius 1 is 1.04 bits per heavy atom. The lowest BCUT2D eigenvalue weighted by Gasteiger charge is -2.21. The molecule has 1 aliphatic rings. The molecule has 2 aromatic rings. The summed E-state index contributed by atoms with van der Waals surface area (Å²) in [5.41, 5.74) is 4.62. The van der Waals surface area contributed by atoms with E-state index in [4.69, 9.17) is 9.47 Å². The van der Waals surface area contributed by atoms with Gasteiger partial charge in [-0.05, 0) is 55.0 Å². The van der Waals surface area contributed by atoms with Gasteiger partial charge in [0.15, 0.2) is 5.96 Å². The van der Waals surface area contributed by atoms with E-state index in [0.29, 0.717) is 24.8 Å². The molecule has 6 nitrogen and oxygen atoms in total. The monoisotopic (exact) mass is 383 g/mol. The molecule has 150 valence electrons. The van der Waals surface area contributed by atoms with E-state index in [9.17, 15) is 5.11 Å². The average molecular weight is 383 g/mol. The van der Waals surface area contributed by atoms with Gasteiger partial charge in [-0.1, -0.05) is 6.07 Å². The van der Waals surface area contributed by atoms with Gasteiger partial charge in [0, 0.05) is 37.3 Å². The van der Waals surface area contributed by atoms with Gasteiger partial charge < -0.3 is 25.2 Å². The van der Waals surface area contributed by atoms with Gasteiger partial charge in [-0.25, -0.2) is 0 Å². The molecule has 0 fully saturated rings. The smallest absolute Gasteiger partial charge is 0.191 e. The van der Waals surface area contributed by atoms with Crippen LogP contribution in [-0.4, -0.2) is 32.3 Å². The Labute approximate surface area is 166 Å². The number of methoxy groups -OCH3 is 2. The van der Waals surface area contributed by atoms with Crippen molar-refractivity contribution < 1.29 is 14.6 Å². The Balaban J connectivity index is 1.65. The van der Waals surface area contributed by atoms with Crippen molar-refractivity contribution in [3.05, 3.63) is 52.6 Å². The number of aromatic hydroxyl groups is 1. The van der Waals surface area contributed by atoms with Crippen molar-refractivity contribution in [2.75, 3.05) is 21.3 Å². The maximum atomic E-state index is 10.3. The molecule has 0 amide bonds. The number of aryl methyl sites for hydroxylation is 1. The van der Waals surface area contributed by atoms with Gasteiger partial charge >= 0.3 is 0 Å². The molecule has 0 aromatic heterocycles. The zero-order chi connectivity index (χ0) is 19.9. The minimum Gasteiger partial charge on any atom is -0.508 e. The lowest BCUT2D eigenvalue weighted by atomic mass is 9.88. The summed E-state index contributed by atoms with van der Waals surface area (Å²) >= 11 is 0. The van der Waals surface area contributed by atoms with Crippen molar-refractivity contribution in [1.29, 1.82) is 0 Å². The van der Waals surface area contributed by atoms with Crippen molar-refractivity contribution in [2.24, 2.45) is 4.99 Å². The molecule has 0 saturated heterocycles. The molecule has 3 rings (SSSR count). The number of phenolic OH excluding ortho intramolecular Hbond substituents is 1. The fourth-order valence-electron chi connectivity index (χ4n) is 3.66. The van der Waals surface area contributed by atoms with E-state index in [1.165, 1.54) is 24.0 Å². The Morgan fingerprint density at radius 3 is 2.57 bits per heavy atom. The second-order valence-corrected chi connectivity index (χ2v) is 6.87. The summed E-state index contributed by atoms with van der Waals surface area (Å²) in [5.74, 6) is 2.54. The van der Waals surface area contributed by atoms with Crippen LogP contribution in [0.25, 0.3) is 0 Å². The van der Waals surface area contributed by atoms with E-state index in [0.717, 1.165) is 35.5 Å². The second kappa shape index (κ2) is 9.35. The summed E-state index contributed by atoms with van der Waals surface area (Å²) in [6.07, 6.45) is 4.51. The first kappa shape index (κ1) is 19.9. The molecule has 6 heteroatoms. The molecule has 28 heavy (non-hydrogen) atoms. The molecular weight excluding hydrogens is 354 g/mol. The highest BCUT2D eigenvalue weighted by Gasteiger charge is 2.16. The number of hydrogen-bond donors (Lipinski definition) is 3. The first-order valence-electron chi connectivity index (χ1n) is 9.64. The fourth-order valence-corrected chi connectivity index (χ4v) is 3.66. The zero-order valence-electron chi connectivity index (χ0n) is 16.8. The number of aliphatic imine (C=N–C) groups is 1. The van der Waals surface area contributed by atoms with Crippen LogP contribution in [0, 0.1) is 0 Å². The van der Waals surface area contributed by atoms with Crippen molar-refractivity contribution in [2.45, 2.75) is 38.8 Å². The molecule has 0 spiro atoms. The van der Waals surface area contributed by atoms with Crippen molar-refractivity contribution in [3.63, 3.8) is 0 Å². The van der Waals surface area contributed by atoms with E-state index < -0.39 is 0 Å². The summed E-state index contributed by atoms with van der Waals surface area (Å²) in [6, 6.07) is 9.60. The van der Waals surface area contributed by atoms with E-state index in [1.54, 1.807) is 27.3 Å². The van der Waals surface area contributed by atoms with Crippen LogP contribution in [0.1, 0.15) is 35.1 Å². The maximum absolute atomic E-state index is 10.3. The van der Waals surface area contributed by atoms with E-state index in [1.807, 2.05) is 18.2 Å². The predicted octanol–water partition coefficient (Wildman–Crippen LogP) is 3.15. The number of ether oxygens (including phenoxy) is 2. The van der Waals surface area contributed by atoms with Gasteiger partial charge in [0.2, 0.25) is 0 Å². The number of fused-ring (bicyclic) bond motifs is 1. The van der Waals surface area contributed by atoms with Crippen LogP contribution in [0.15, 0.2) is 35.3 Å². The molecule has 0 saturated carbocycles. The third kappa shape index (κ3) is 4.50. The maximum Gasteiger partial charge on any atom is 0.191 e. The summed E-state index contributed by atoms with van der Waals surface area (Å²) in [7, 11) is 5.02. The summed E-state index contributed by atoms with van der Waals surface area (Å²) < 4.78 is 10.7. The quantitative estimate of drug-likeness (QED) is 0.528. The van der Waals surface area contributed by atoms with Gasteiger partial charge in [0.1, 0.15) is 17.2 Å². The zero-order valence-corrected chi connectivity index (χ0v) is 16.8.